The lowest BCUT2D eigenvalue weighted by Crippen LogP contribution is -2.25. The first-order valence-corrected chi connectivity index (χ1v) is 26.8. The minimum absolute atomic E-state index is 0.475. The third-order valence-corrected chi connectivity index (χ3v) is 18.7. The zero-order valence-electron chi connectivity index (χ0n) is 39.5. The molecule has 2 nitrogen and oxygen atoms in total. The van der Waals surface area contributed by atoms with Gasteiger partial charge in [-0.25, -0.2) is 9.97 Å². The summed E-state index contributed by atoms with van der Waals surface area (Å²) in [6, 6.07) is 82.1. The number of rotatable bonds is 2. The molecular formula is C69H39BrN2S. The molecule has 0 N–H and O–H groups in total. The van der Waals surface area contributed by atoms with Gasteiger partial charge in [0.05, 0.1) is 31.6 Å². The molecule has 0 aliphatic heterocycles. The second kappa shape index (κ2) is 14.2. The van der Waals surface area contributed by atoms with E-state index in [4.69, 9.17) is 9.97 Å². The van der Waals surface area contributed by atoms with Gasteiger partial charge in [-0.05, 0) is 119 Å². The molecule has 0 saturated heterocycles. The Hall–Kier alpha value is -8.28. The third kappa shape index (κ3) is 4.85. The highest BCUT2D eigenvalue weighted by atomic mass is 79.9. The normalized spacial score (nSPS) is 14.4. The Morgan fingerprint density at radius 2 is 0.658 bits per heavy atom. The van der Waals surface area contributed by atoms with Crippen molar-refractivity contribution in [3.63, 3.8) is 0 Å². The maximum atomic E-state index is 5.98. The highest BCUT2D eigenvalue weighted by Gasteiger charge is 2.54. The number of fused-ring (bicyclic) bond motifs is 27. The molecule has 73 heavy (non-hydrogen) atoms. The Morgan fingerprint density at radius 3 is 1.10 bits per heavy atom. The summed E-state index contributed by atoms with van der Waals surface area (Å²) in [6.45, 7) is 2.18. The summed E-state index contributed by atoms with van der Waals surface area (Å²) < 4.78 is 1.04. The third-order valence-electron chi connectivity index (χ3n) is 17.0. The van der Waals surface area contributed by atoms with Crippen molar-refractivity contribution in [3.8, 4) is 65.4 Å². The molecule has 13 aromatic rings. The molecule has 338 valence electrons. The predicted molar refractivity (Wildman–Crippen MR) is 306 cm³/mol. The van der Waals surface area contributed by atoms with Crippen LogP contribution in [0.25, 0.3) is 109 Å². The summed E-state index contributed by atoms with van der Waals surface area (Å²) in [6.07, 6.45) is 0. The fourth-order valence-corrected chi connectivity index (χ4v) is 16.0. The molecule has 0 fully saturated rings. The van der Waals surface area contributed by atoms with Gasteiger partial charge in [0.15, 0.2) is 0 Å². The van der Waals surface area contributed by atoms with Gasteiger partial charge in [-0.1, -0.05) is 228 Å². The molecule has 0 saturated carbocycles. The number of hydrogen-bond donors (Lipinski definition) is 0. The van der Waals surface area contributed by atoms with Crippen LogP contribution < -0.4 is 0 Å². The van der Waals surface area contributed by atoms with E-state index >= 15 is 0 Å². The van der Waals surface area contributed by atoms with Gasteiger partial charge in [0.25, 0.3) is 0 Å². The van der Waals surface area contributed by atoms with E-state index in [9.17, 15) is 0 Å². The first-order chi connectivity index (χ1) is 36.0. The predicted octanol–water partition coefficient (Wildman–Crippen LogP) is 18.2. The molecule has 4 aliphatic carbocycles. The summed E-state index contributed by atoms with van der Waals surface area (Å²) in [4.78, 5) is 14.2. The topological polar surface area (TPSA) is 25.8 Å². The average Bonchev–Trinajstić information content (AvgIpc) is 4.32. The molecule has 2 aromatic heterocycles. The van der Waals surface area contributed by atoms with E-state index in [1.54, 1.807) is 0 Å². The van der Waals surface area contributed by atoms with Gasteiger partial charge < -0.3 is 0 Å². The van der Waals surface area contributed by atoms with Gasteiger partial charge in [0.1, 0.15) is 11.0 Å². The number of benzene rings is 11. The van der Waals surface area contributed by atoms with Crippen LogP contribution in [0, 0.1) is 6.92 Å². The SMILES string of the molecule is Cc1ccc2c(c1)c1cc(Br)ccc1c1nc3c(-c4cccc5c4-c4ccccc4C54c5ccccc5-c5ccccc54)sc(-c4cccc5c4-c4ccccc4C54c5ccccc5-c5ccccc54)c3nc21. The van der Waals surface area contributed by atoms with Crippen LogP contribution in [0.2, 0.25) is 0 Å². The lowest BCUT2D eigenvalue weighted by atomic mass is 9.70. The molecule has 4 heteroatoms. The Balaban J connectivity index is 1.02. The molecule has 0 radical (unpaired) electrons. The van der Waals surface area contributed by atoms with E-state index < -0.39 is 10.8 Å². The Bertz CT molecular complexity index is 4290. The van der Waals surface area contributed by atoms with Crippen LogP contribution in [-0.4, -0.2) is 9.97 Å². The summed E-state index contributed by atoms with van der Waals surface area (Å²) >= 11 is 5.70. The van der Waals surface area contributed by atoms with Gasteiger partial charge in [0.2, 0.25) is 0 Å². The maximum Gasteiger partial charge on any atom is 0.109 e. The van der Waals surface area contributed by atoms with Crippen LogP contribution in [-0.2, 0) is 10.8 Å². The molecular weight excluding hydrogens is 969 g/mol. The van der Waals surface area contributed by atoms with E-state index in [-0.39, 0.29) is 0 Å². The van der Waals surface area contributed by atoms with Crippen LogP contribution in [0.5, 0.6) is 0 Å². The molecule has 17 rings (SSSR count). The molecule has 0 amide bonds. The van der Waals surface area contributed by atoms with Crippen LogP contribution in [0.15, 0.2) is 223 Å². The molecule has 2 spiro atoms. The van der Waals surface area contributed by atoms with Gasteiger partial charge in [-0.15, -0.1) is 11.3 Å². The van der Waals surface area contributed by atoms with Crippen molar-refractivity contribution >= 4 is 70.9 Å². The maximum absolute atomic E-state index is 5.98. The van der Waals surface area contributed by atoms with Crippen molar-refractivity contribution in [2.75, 3.05) is 0 Å². The highest BCUT2D eigenvalue weighted by Crippen LogP contribution is 2.67. The van der Waals surface area contributed by atoms with Gasteiger partial charge in [-0.3, -0.25) is 0 Å². The number of aryl methyl sites for hydroxylation is 1. The van der Waals surface area contributed by atoms with E-state index in [1.165, 1.54) is 116 Å². The van der Waals surface area contributed by atoms with Crippen LogP contribution in [0.3, 0.4) is 0 Å². The van der Waals surface area contributed by atoms with Gasteiger partial charge >= 0.3 is 0 Å². The molecule has 2 heterocycles. The molecule has 0 unspecified atom stereocenters. The molecule has 0 atom stereocenters. The lowest BCUT2D eigenvalue weighted by Gasteiger charge is -2.30. The monoisotopic (exact) mass is 1010 g/mol. The average molecular weight is 1010 g/mol. The van der Waals surface area contributed by atoms with Gasteiger partial charge in [0, 0.05) is 26.4 Å². The number of hydrogen-bond acceptors (Lipinski definition) is 3. The minimum Gasteiger partial charge on any atom is -0.242 e. The van der Waals surface area contributed by atoms with Crippen molar-refractivity contribution < 1.29 is 0 Å². The highest BCUT2D eigenvalue weighted by molar-refractivity contribution is 9.10. The Morgan fingerprint density at radius 1 is 0.315 bits per heavy atom. The molecule has 11 aromatic carbocycles. The smallest absolute Gasteiger partial charge is 0.109 e. The van der Waals surface area contributed by atoms with E-state index in [2.05, 4.69) is 241 Å². The zero-order valence-corrected chi connectivity index (χ0v) is 41.9. The number of halogens is 1. The van der Waals surface area contributed by atoms with Crippen LogP contribution in [0.1, 0.15) is 50.1 Å². The van der Waals surface area contributed by atoms with Gasteiger partial charge in [-0.2, -0.15) is 0 Å². The second-order valence-corrected chi connectivity index (χ2v) is 22.3. The van der Waals surface area contributed by atoms with E-state index in [1.807, 2.05) is 11.3 Å². The summed E-state index contributed by atoms with van der Waals surface area (Å²) in [5, 5.41) is 4.56. The fraction of sp³-hybridized carbons (Fsp3) is 0.0435. The standard InChI is InChI=1S/C69H39BrN2S/c1-38-32-34-44-50(36-38)51-37-39(70)33-35-45(51)63-62(44)71-64-65(72-63)67(49-23-15-31-59-61(49)47-21-7-13-29-57(47)69(59)54-26-10-4-18-42(54)43-19-5-11-27-55(43)69)73-66(64)48-22-14-30-58-60(48)46-20-6-12-28-56(46)68(58)52-24-8-2-16-40(52)41-17-3-9-25-53(41)68/h2-37H,1H3. The van der Waals surface area contributed by atoms with Crippen LogP contribution in [0.4, 0.5) is 0 Å². The Labute approximate surface area is 434 Å². The zero-order chi connectivity index (χ0) is 47.9. The number of nitrogens with zero attached hydrogens (tertiary/aromatic N) is 2. The van der Waals surface area contributed by atoms with Crippen molar-refractivity contribution in [2.45, 2.75) is 17.8 Å². The first-order valence-electron chi connectivity index (χ1n) is 25.2. The largest absolute Gasteiger partial charge is 0.242 e. The summed E-state index contributed by atoms with van der Waals surface area (Å²) in [5.74, 6) is 0. The first kappa shape index (κ1) is 40.3. The summed E-state index contributed by atoms with van der Waals surface area (Å²) in [5.41, 5.74) is 27.2. The van der Waals surface area contributed by atoms with Crippen molar-refractivity contribution in [3.05, 3.63) is 273 Å². The van der Waals surface area contributed by atoms with Crippen LogP contribution >= 0.6 is 27.3 Å². The number of thiophene rings is 1. The van der Waals surface area contributed by atoms with Crippen molar-refractivity contribution in [2.24, 2.45) is 0 Å². The number of aromatic nitrogens is 2. The van der Waals surface area contributed by atoms with E-state index in [0.717, 1.165) is 47.1 Å². The van der Waals surface area contributed by atoms with Crippen molar-refractivity contribution in [1.29, 1.82) is 0 Å². The van der Waals surface area contributed by atoms with E-state index in [0.29, 0.717) is 0 Å². The summed E-state index contributed by atoms with van der Waals surface area (Å²) in [7, 11) is 0. The van der Waals surface area contributed by atoms with Crippen molar-refractivity contribution in [1.82, 2.24) is 9.97 Å². The minimum atomic E-state index is -0.476. The Kier molecular flexibility index (Phi) is 7.86. The molecule has 0 bridgehead atoms. The quantitative estimate of drug-likeness (QED) is 0.161. The molecule has 4 aliphatic rings. The lowest BCUT2D eigenvalue weighted by molar-refractivity contribution is 0.794. The fourth-order valence-electron chi connectivity index (χ4n) is 14.4. The second-order valence-electron chi connectivity index (χ2n) is 20.3.